The fourth-order valence-corrected chi connectivity index (χ4v) is 3.19. The van der Waals surface area contributed by atoms with Crippen LogP contribution in [0.4, 0.5) is 5.69 Å². The smallest absolute Gasteiger partial charge is 0.231 e. The molecule has 1 aliphatic rings. The second-order valence-corrected chi connectivity index (χ2v) is 6.30. The van der Waals surface area contributed by atoms with Crippen molar-refractivity contribution >= 4 is 17.3 Å². The van der Waals surface area contributed by atoms with E-state index in [1.54, 1.807) is 48.5 Å². The number of nitrogen functional groups attached to an aromatic ring is 1. The predicted octanol–water partition coefficient (Wildman–Crippen LogP) is 2.82. The van der Waals surface area contributed by atoms with Crippen LogP contribution < -0.4 is 15.2 Å². The lowest BCUT2D eigenvalue weighted by molar-refractivity contribution is -0.0479. The van der Waals surface area contributed by atoms with E-state index in [0.29, 0.717) is 16.9 Å². The van der Waals surface area contributed by atoms with Crippen LogP contribution in [0.15, 0.2) is 66.7 Å². The van der Waals surface area contributed by atoms with E-state index in [1.807, 2.05) is 6.07 Å². The average molecular weight is 375 g/mol. The molecule has 140 valence electrons. The molecule has 4 rings (SSSR count). The standard InChI is InChI=1S/C22H17NO5/c23-16-10-11-17(27-12-18(24)28-13-6-2-1-3-7-13)20-19(16)21(25)14-8-4-5-9-15(14)22(20)26/h1-11,18,24H,12,23H2. The number of aliphatic hydroxyl groups is 1. The van der Waals surface area contributed by atoms with Crippen LogP contribution in [0.2, 0.25) is 0 Å². The molecule has 6 nitrogen and oxygen atoms in total. The largest absolute Gasteiger partial charge is 0.486 e. The molecule has 0 radical (unpaired) electrons. The Morgan fingerprint density at radius 1 is 0.821 bits per heavy atom. The van der Waals surface area contributed by atoms with Crippen LogP contribution in [0.25, 0.3) is 0 Å². The van der Waals surface area contributed by atoms with Crippen molar-refractivity contribution < 1.29 is 24.2 Å². The van der Waals surface area contributed by atoms with E-state index in [9.17, 15) is 14.7 Å². The molecule has 0 fully saturated rings. The maximum absolute atomic E-state index is 13.0. The van der Waals surface area contributed by atoms with Gasteiger partial charge >= 0.3 is 0 Å². The number of fused-ring (bicyclic) bond motifs is 2. The Labute approximate surface area is 161 Å². The summed E-state index contributed by atoms with van der Waals surface area (Å²) >= 11 is 0. The Morgan fingerprint density at radius 3 is 2.11 bits per heavy atom. The third-order valence-electron chi connectivity index (χ3n) is 4.47. The van der Waals surface area contributed by atoms with Crippen molar-refractivity contribution in [2.75, 3.05) is 12.3 Å². The van der Waals surface area contributed by atoms with E-state index in [2.05, 4.69) is 0 Å². The Kier molecular flexibility index (Phi) is 4.55. The lowest BCUT2D eigenvalue weighted by atomic mass is 9.83. The Hall–Kier alpha value is -3.64. The van der Waals surface area contributed by atoms with Crippen molar-refractivity contribution in [2.45, 2.75) is 6.29 Å². The monoisotopic (exact) mass is 375 g/mol. The van der Waals surface area contributed by atoms with Crippen molar-refractivity contribution in [2.24, 2.45) is 0 Å². The number of hydrogen-bond acceptors (Lipinski definition) is 6. The predicted molar refractivity (Wildman–Crippen MR) is 103 cm³/mol. The molecule has 3 aromatic carbocycles. The molecule has 1 aliphatic carbocycles. The van der Waals surface area contributed by atoms with Crippen molar-refractivity contribution in [3.05, 3.63) is 89.0 Å². The van der Waals surface area contributed by atoms with Gasteiger partial charge in [-0.2, -0.15) is 0 Å². The first-order valence-electron chi connectivity index (χ1n) is 8.69. The zero-order valence-electron chi connectivity index (χ0n) is 14.8. The second kappa shape index (κ2) is 7.17. The number of ether oxygens (including phenoxy) is 2. The van der Waals surface area contributed by atoms with Crippen LogP contribution >= 0.6 is 0 Å². The molecule has 6 heteroatoms. The number of ketones is 2. The minimum Gasteiger partial charge on any atom is -0.486 e. The summed E-state index contributed by atoms with van der Waals surface area (Å²) in [6.45, 7) is -0.228. The number of para-hydroxylation sites is 1. The molecule has 28 heavy (non-hydrogen) atoms. The van der Waals surface area contributed by atoms with Crippen LogP contribution in [0.5, 0.6) is 11.5 Å². The molecule has 0 bridgehead atoms. The molecule has 3 aromatic rings. The van der Waals surface area contributed by atoms with Gasteiger partial charge in [0, 0.05) is 16.8 Å². The van der Waals surface area contributed by atoms with Gasteiger partial charge in [-0.15, -0.1) is 0 Å². The zero-order chi connectivity index (χ0) is 19.7. The summed E-state index contributed by atoms with van der Waals surface area (Å²) in [4.78, 5) is 25.8. The molecule has 0 saturated heterocycles. The number of nitrogens with two attached hydrogens (primary N) is 1. The first-order chi connectivity index (χ1) is 13.6. The van der Waals surface area contributed by atoms with E-state index < -0.39 is 6.29 Å². The highest BCUT2D eigenvalue weighted by Crippen LogP contribution is 2.36. The number of rotatable bonds is 5. The number of anilines is 1. The number of hydrogen-bond donors (Lipinski definition) is 2. The second-order valence-electron chi connectivity index (χ2n) is 6.30. The van der Waals surface area contributed by atoms with Gasteiger partial charge in [-0.1, -0.05) is 42.5 Å². The lowest BCUT2D eigenvalue weighted by Crippen LogP contribution is -2.27. The Morgan fingerprint density at radius 2 is 1.43 bits per heavy atom. The highest BCUT2D eigenvalue weighted by atomic mass is 16.6. The van der Waals surface area contributed by atoms with Gasteiger partial charge < -0.3 is 20.3 Å². The van der Waals surface area contributed by atoms with Crippen molar-refractivity contribution in [1.29, 1.82) is 0 Å². The summed E-state index contributed by atoms with van der Waals surface area (Å²) in [6.07, 6.45) is -1.25. The third-order valence-corrected chi connectivity index (χ3v) is 4.47. The van der Waals surface area contributed by atoms with Gasteiger partial charge in [-0.25, -0.2) is 0 Å². The van der Waals surface area contributed by atoms with Crippen molar-refractivity contribution in [1.82, 2.24) is 0 Å². The maximum Gasteiger partial charge on any atom is 0.231 e. The van der Waals surface area contributed by atoms with Crippen molar-refractivity contribution in [3.63, 3.8) is 0 Å². The van der Waals surface area contributed by atoms with E-state index in [-0.39, 0.29) is 40.7 Å². The summed E-state index contributed by atoms with van der Waals surface area (Å²) < 4.78 is 11.0. The van der Waals surface area contributed by atoms with Crippen LogP contribution in [0.3, 0.4) is 0 Å². The molecular formula is C22H17NO5. The molecule has 1 atom stereocenters. The van der Waals surface area contributed by atoms with E-state index in [1.165, 1.54) is 12.1 Å². The summed E-state index contributed by atoms with van der Waals surface area (Å²) in [5, 5.41) is 10.1. The fourth-order valence-electron chi connectivity index (χ4n) is 3.19. The van der Waals surface area contributed by atoms with Gasteiger partial charge in [0.05, 0.1) is 11.1 Å². The van der Waals surface area contributed by atoms with Gasteiger partial charge in [0.25, 0.3) is 0 Å². The Balaban J connectivity index is 1.61. The Bertz CT molecular complexity index is 1060. The van der Waals surface area contributed by atoms with Gasteiger partial charge in [-0.3, -0.25) is 9.59 Å². The molecule has 0 spiro atoms. The molecule has 1 unspecified atom stereocenters. The lowest BCUT2D eigenvalue weighted by Gasteiger charge is -2.22. The molecule has 0 amide bonds. The molecule has 0 aromatic heterocycles. The molecule has 0 aliphatic heterocycles. The van der Waals surface area contributed by atoms with Gasteiger partial charge in [-0.05, 0) is 24.3 Å². The molecular weight excluding hydrogens is 358 g/mol. The maximum atomic E-state index is 13.0. The fraction of sp³-hybridized carbons (Fsp3) is 0.0909. The van der Waals surface area contributed by atoms with Crippen LogP contribution in [-0.4, -0.2) is 29.6 Å². The average Bonchev–Trinajstić information content (AvgIpc) is 2.71. The molecule has 0 heterocycles. The number of carbonyl (C=O) groups excluding carboxylic acids is 2. The number of benzene rings is 3. The zero-order valence-corrected chi connectivity index (χ0v) is 14.8. The first-order valence-corrected chi connectivity index (χ1v) is 8.69. The van der Waals surface area contributed by atoms with E-state index in [0.717, 1.165) is 0 Å². The SMILES string of the molecule is Nc1ccc(OCC(O)Oc2ccccc2)c2c1C(=O)c1ccccc1C2=O. The highest BCUT2D eigenvalue weighted by Gasteiger charge is 2.34. The first kappa shape index (κ1) is 17.8. The van der Waals surface area contributed by atoms with Gasteiger partial charge in [0.15, 0.2) is 18.2 Å². The number of aliphatic hydroxyl groups excluding tert-OH is 1. The summed E-state index contributed by atoms with van der Waals surface area (Å²) in [6, 6.07) is 18.4. The quantitative estimate of drug-likeness (QED) is 0.411. The number of carbonyl (C=O) groups is 2. The van der Waals surface area contributed by atoms with E-state index >= 15 is 0 Å². The van der Waals surface area contributed by atoms with Crippen molar-refractivity contribution in [3.8, 4) is 11.5 Å². The van der Waals surface area contributed by atoms with Gasteiger partial charge in [0.2, 0.25) is 6.29 Å². The minimum atomic E-state index is -1.25. The summed E-state index contributed by atoms with van der Waals surface area (Å²) in [7, 11) is 0. The van der Waals surface area contributed by atoms with Crippen LogP contribution in [0.1, 0.15) is 31.8 Å². The third kappa shape index (κ3) is 3.10. The normalized spacial score (nSPS) is 13.5. The molecule has 3 N–H and O–H groups in total. The molecule has 0 saturated carbocycles. The topological polar surface area (TPSA) is 98.8 Å². The van der Waals surface area contributed by atoms with Crippen LogP contribution in [-0.2, 0) is 0 Å². The highest BCUT2D eigenvalue weighted by molar-refractivity contribution is 6.30. The summed E-state index contributed by atoms with van der Waals surface area (Å²) in [5.74, 6) is -0.00826. The summed E-state index contributed by atoms with van der Waals surface area (Å²) in [5.41, 5.74) is 7.03. The minimum absolute atomic E-state index is 0.107. The van der Waals surface area contributed by atoms with Crippen LogP contribution in [0, 0.1) is 0 Å². The van der Waals surface area contributed by atoms with Gasteiger partial charge in [0.1, 0.15) is 11.5 Å². The van der Waals surface area contributed by atoms with E-state index in [4.69, 9.17) is 15.2 Å².